The molecule has 1 heterocycles. The molecule has 0 unspecified atom stereocenters. The quantitative estimate of drug-likeness (QED) is 0.248. The van der Waals surface area contributed by atoms with Gasteiger partial charge in [-0.25, -0.2) is 0 Å². The van der Waals surface area contributed by atoms with Crippen LogP contribution in [0.5, 0.6) is 0 Å². The molecule has 0 spiro atoms. The fraction of sp³-hybridized carbons (Fsp3) is 0.0294. The van der Waals surface area contributed by atoms with Gasteiger partial charge >= 0.3 is 0 Å². The number of rotatable bonds is 5. The summed E-state index contributed by atoms with van der Waals surface area (Å²) in [4.78, 5) is 15.4. The van der Waals surface area contributed by atoms with Crippen LogP contribution in [0.2, 0.25) is 0 Å². The highest BCUT2D eigenvalue weighted by molar-refractivity contribution is 5.87. The number of hydrogen-bond donors (Lipinski definition) is 0. The van der Waals surface area contributed by atoms with E-state index in [9.17, 15) is 4.79 Å². The first-order chi connectivity index (χ1) is 18.2. The molecule has 0 bridgehead atoms. The van der Waals surface area contributed by atoms with Gasteiger partial charge in [0.05, 0.1) is 5.52 Å². The Bertz CT molecular complexity index is 1680. The maximum Gasteiger partial charge on any atom is 0.192 e. The van der Waals surface area contributed by atoms with Crippen LogP contribution >= 0.6 is 0 Å². The Labute approximate surface area is 216 Å². The van der Waals surface area contributed by atoms with Crippen molar-refractivity contribution in [2.24, 2.45) is 0 Å². The zero-order valence-corrected chi connectivity index (χ0v) is 20.6. The molecule has 0 N–H and O–H groups in total. The maximum absolute atomic E-state index is 13.1. The van der Waals surface area contributed by atoms with Gasteiger partial charge in [0.25, 0.3) is 0 Å². The van der Waals surface area contributed by atoms with Crippen molar-refractivity contribution in [3.05, 3.63) is 155 Å². The van der Waals surface area contributed by atoms with Crippen LogP contribution < -0.4 is 10.3 Å². The standard InChI is InChI=1S/C34H26N2O/c1-25-24-35(28-11-5-2-6-12-28)33-22-19-27(23-32(33)34(25)37)26-17-20-31(21-18-26)36(29-13-7-3-8-14-29)30-15-9-4-10-16-30/h2-24H,1H3. The van der Waals surface area contributed by atoms with E-state index in [2.05, 4.69) is 100 Å². The summed E-state index contributed by atoms with van der Waals surface area (Å²) in [6.07, 6.45) is 1.93. The number of benzene rings is 5. The Morgan fingerprint density at radius 1 is 0.568 bits per heavy atom. The van der Waals surface area contributed by atoms with Crippen molar-refractivity contribution < 1.29 is 0 Å². The number of nitrogens with zero attached hydrogens (tertiary/aromatic N) is 2. The lowest BCUT2D eigenvalue weighted by Crippen LogP contribution is -2.11. The molecule has 1 aromatic heterocycles. The highest BCUT2D eigenvalue weighted by Crippen LogP contribution is 2.35. The average Bonchev–Trinajstić information content (AvgIpc) is 2.97. The Hall–Kier alpha value is -4.89. The molecule has 37 heavy (non-hydrogen) atoms. The van der Waals surface area contributed by atoms with Crippen LogP contribution in [0.3, 0.4) is 0 Å². The second-order valence-electron chi connectivity index (χ2n) is 9.13. The van der Waals surface area contributed by atoms with Crippen molar-refractivity contribution >= 4 is 28.0 Å². The Morgan fingerprint density at radius 2 is 1.08 bits per heavy atom. The summed E-state index contributed by atoms with van der Waals surface area (Å²) in [5, 5.41) is 0.723. The SMILES string of the molecule is Cc1cn(-c2ccccc2)c2ccc(-c3ccc(N(c4ccccc4)c4ccccc4)cc3)cc2c1=O. The zero-order chi connectivity index (χ0) is 25.2. The van der Waals surface area contributed by atoms with Gasteiger partial charge in [0, 0.05) is 39.9 Å². The highest BCUT2D eigenvalue weighted by atomic mass is 16.1. The molecule has 5 aromatic carbocycles. The van der Waals surface area contributed by atoms with Gasteiger partial charge in [0.1, 0.15) is 0 Å². The van der Waals surface area contributed by atoms with Crippen LogP contribution in [0.1, 0.15) is 5.56 Å². The fourth-order valence-corrected chi connectivity index (χ4v) is 4.85. The molecule has 0 fully saturated rings. The summed E-state index contributed by atoms with van der Waals surface area (Å²) in [7, 11) is 0. The highest BCUT2D eigenvalue weighted by Gasteiger charge is 2.13. The van der Waals surface area contributed by atoms with Gasteiger partial charge in [-0.15, -0.1) is 0 Å². The van der Waals surface area contributed by atoms with E-state index in [-0.39, 0.29) is 5.43 Å². The first-order valence-corrected chi connectivity index (χ1v) is 12.4. The van der Waals surface area contributed by atoms with Crippen LogP contribution in [-0.4, -0.2) is 4.57 Å². The van der Waals surface area contributed by atoms with Crippen molar-refractivity contribution in [1.29, 1.82) is 0 Å². The molecule has 0 aliphatic rings. The molecular formula is C34H26N2O. The van der Waals surface area contributed by atoms with Gasteiger partial charge in [-0.05, 0) is 78.7 Å². The topological polar surface area (TPSA) is 25.2 Å². The van der Waals surface area contributed by atoms with Gasteiger partial charge in [-0.1, -0.05) is 72.8 Å². The number of aromatic nitrogens is 1. The van der Waals surface area contributed by atoms with Crippen LogP contribution in [0.25, 0.3) is 27.7 Å². The van der Waals surface area contributed by atoms with E-state index in [1.165, 1.54) is 0 Å². The summed E-state index contributed by atoms with van der Waals surface area (Å²) >= 11 is 0. The second-order valence-corrected chi connectivity index (χ2v) is 9.13. The number of anilines is 3. The molecule has 178 valence electrons. The maximum atomic E-state index is 13.1. The first kappa shape index (κ1) is 22.6. The normalized spacial score (nSPS) is 10.9. The molecule has 6 aromatic rings. The molecule has 0 saturated heterocycles. The van der Waals surface area contributed by atoms with E-state index in [0.29, 0.717) is 0 Å². The van der Waals surface area contributed by atoms with Gasteiger partial charge in [0.15, 0.2) is 5.43 Å². The predicted octanol–water partition coefficient (Wildman–Crippen LogP) is 8.44. The Balaban J connectivity index is 1.42. The van der Waals surface area contributed by atoms with E-state index < -0.39 is 0 Å². The van der Waals surface area contributed by atoms with E-state index in [1.807, 2.05) is 55.6 Å². The summed E-state index contributed by atoms with van der Waals surface area (Å²) in [5.41, 5.74) is 8.10. The largest absolute Gasteiger partial charge is 0.316 e. The number of para-hydroxylation sites is 3. The smallest absolute Gasteiger partial charge is 0.192 e. The van der Waals surface area contributed by atoms with Gasteiger partial charge in [-0.3, -0.25) is 4.79 Å². The molecule has 3 heteroatoms. The van der Waals surface area contributed by atoms with Crippen molar-refractivity contribution in [3.63, 3.8) is 0 Å². The molecule has 0 radical (unpaired) electrons. The third-order valence-electron chi connectivity index (χ3n) is 6.70. The van der Waals surface area contributed by atoms with Crippen LogP contribution in [-0.2, 0) is 0 Å². The third kappa shape index (κ3) is 4.32. The van der Waals surface area contributed by atoms with Gasteiger partial charge in [0.2, 0.25) is 0 Å². The molecule has 0 saturated carbocycles. The second kappa shape index (κ2) is 9.63. The lowest BCUT2D eigenvalue weighted by atomic mass is 10.0. The van der Waals surface area contributed by atoms with Gasteiger partial charge < -0.3 is 9.47 Å². The van der Waals surface area contributed by atoms with Crippen molar-refractivity contribution in [2.75, 3.05) is 4.90 Å². The zero-order valence-electron chi connectivity index (χ0n) is 20.6. The lowest BCUT2D eigenvalue weighted by molar-refractivity contribution is 1.08. The van der Waals surface area contributed by atoms with Gasteiger partial charge in [-0.2, -0.15) is 0 Å². The Kier molecular flexibility index (Phi) is 5.88. The predicted molar refractivity (Wildman–Crippen MR) is 154 cm³/mol. The number of pyridine rings is 1. The molecule has 0 aliphatic carbocycles. The number of fused-ring (bicyclic) bond motifs is 1. The third-order valence-corrected chi connectivity index (χ3v) is 6.70. The average molecular weight is 479 g/mol. The fourth-order valence-electron chi connectivity index (χ4n) is 4.85. The molecular weight excluding hydrogens is 452 g/mol. The van der Waals surface area contributed by atoms with Crippen LogP contribution in [0, 0.1) is 6.92 Å². The monoisotopic (exact) mass is 478 g/mol. The number of aryl methyl sites for hydroxylation is 1. The molecule has 0 aliphatic heterocycles. The van der Waals surface area contributed by atoms with E-state index in [0.717, 1.165) is 50.3 Å². The Morgan fingerprint density at radius 3 is 1.68 bits per heavy atom. The summed E-state index contributed by atoms with van der Waals surface area (Å²) in [5.74, 6) is 0. The van der Waals surface area contributed by atoms with Crippen LogP contribution in [0.4, 0.5) is 17.1 Å². The number of hydrogen-bond acceptors (Lipinski definition) is 2. The van der Waals surface area contributed by atoms with E-state index in [4.69, 9.17) is 0 Å². The lowest BCUT2D eigenvalue weighted by Gasteiger charge is -2.25. The molecule has 3 nitrogen and oxygen atoms in total. The molecule has 0 atom stereocenters. The minimum absolute atomic E-state index is 0.0694. The first-order valence-electron chi connectivity index (χ1n) is 12.4. The van der Waals surface area contributed by atoms with Crippen molar-refractivity contribution in [1.82, 2.24) is 4.57 Å². The minimum atomic E-state index is 0.0694. The van der Waals surface area contributed by atoms with Crippen molar-refractivity contribution in [3.8, 4) is 16.8 Å². The van der Waals surface area contributed by atoms with E-state index in [1.54, 1.807) is 0 Å². The van der Waals surface area contributed by atoms with Crippen molar-refractivity contribution in [2.45, 2.75) is 6.92 Å². The van der Waals surface area contributed by atoms with E-state index >= 15 is 0 Å². The minimum Gasteiger partial charge on any atom is -0.316 e. The summed E-state index contributed by atoms with van der Waals surface area (Å²) in [6.45, 7) is 1.88. The molecule has 0 amide bonds. The molecule has 6 rings (SSSR count). The summed E-state index contributed by atoms with van der Waals surface area (Å²) < 4.78 is 2.09. The van der Waals surface area contributed by atoms with Crippen LogP contribution in [0.15, 0.2) is 144 Å². The summed E-state index contributed by atoms with van der Waals surface area (Å²) in [6, 6.07) is 45.6.